The monoisotopic (exact) mass is 275 g/mol. The lowest BCUT2D eigenvalue weighted by Gasteiger charge is -2.08. The minimum Gasteiger partial charge on any atom is -0.508 e. The Balaban J connectivity index is 2.09. The molecule has 1 heterocycles. The van der Waals surface area contributed by atoms with Gasteiger partial charge in [-0.05, 0) is 32.0 Å². The predicted molar refractivity (Wildman–Crippen MR) is 73.9 cm³/mol. The largest absolute Gasteiger partial charge is 0.508 e. The fourth-order valence-corrected chi connectivity index (χ4v) is 1.80. The van der Waals surface area contributed by atoms with Gasteiger partial charge < -0.3 is 15.2 Å². The highest BCUT2D eigenvalue weighted by atomic mass is 16.5. The summed E-state index contributed by atoms with van der Waals surface area (Å²) in [6, 6.07) is 4.87. The van der Waals surface area contributed by atoms with E-state index in [1.54, 1.807) is 19.2 Å². The van der Waals surface area contributed by atoms with E-state index in [1.807, 2.05) is 13.8 Å². The van der Waals surface area contributed by atoms with Crippen LogP contribution in [0.4, 0.5) is 0 Å². The molecule has 0 aliphatic heterocycles. The van der Waals surface area contributed by atoms with Gasteiger partial charge in [0.05, 0.1) is 7.11 Å². The van der Waals surface area contributed by atoms with Crippen LogP contribution in [0.2, 0.25) is 0 Å². The average molecular weight is 275 g/mol. The molecule has 1 aromatic heterocycles. The third-order valence-corrected chi connectivity index (χ3v) is 3.19. The van der Waals surface area contributed by atoms with E-state index in [0.29, 0.717) is 17.0 Å². The van der Waals surface area contributed by atoms with E-state index in [1.165, 1.54) is 6.07 Å². The molecular weight excluding hydrogens is 258 g/mol. The zero-order chi connectivity index (χ0) is 14.7. The number of amides is 1. The molecule has 0 bridgehead atoms. The number of ether oxygens (including phenoxy) is 1. The number of carbonyl (C=O) groups is 1. The number of phenolic OH excluding ortho intramolecular Hbond substituents is 1. The zero-order valence-corrected chi connectivity index (χ0v) is 11.7. The van der Waals surface area contributed by atoms with E-state index in [9.17, 15) is 9.90 Å². The molecule has 0 spiro atoms. The third kappa shape index (κ3) is 2.74. The minimum absolute atomic E-state index is 0.112. The second-order valence-electron chi connectivity index (χ2n) is 4.50. The molecule has 6 nitrogen and oxygen atoms in total. The normalized spacial score (nSPS) is 10.3. The van der Waals surface area contributed by atoms with Gasteiger partial charge in [0.15, 0.2) is 5.69 Å². The molecule has 0 aliphatic carbocycles. The van der Waals surface area contributed by atoms with Gasteiger partial charge in [-0.2, -0.15) is 5.10 Å². The first kappa shape index (κ1) is 13.9. The van der Waals surface area contributed by atoms with E-state index in [2.05, 4.69) is 15.5 Å². The predicted octanol–water partition coefficient (Wildman–Crippen LogP) is 1.67. The van der Waals surface area contributed by atoms with E-state index < -0.39 is 0 Å². The fourth-order valence-electron chi connectivity index (χ4n) is 1.80. The Kier molecular flexibility index (Phi) is 3.93. The van der Waals surface area contributed by atoms with Crippen molar-refractivity contribution < 1.29 is 14.6 Å². The number of hydrogen-bond donors (Lipinski definition) is 3. The SMILES string of the molecule is COc1ccc(O)c(CNC(=O)c2n[nH]c(C)c2C)c1. The lowest BCUT2D eigenvalue weighted by Crippen LogP contribution is -2.24. The van der Waals surface area contributed by atoms with Gasteiger partial charge in [-0.25, -0.2) is 0 Å². The summed E-state index contributed by atoms with van der Waals surface area (Å²) in [6.07, 6.45) is 0. The number of benzene rings is 1. The standard InChI is InChI=1S/C14H17N3O3/c1-8-9(2)16-17-13(8)14(19)15-7-10-6-11(20-3)4-5-12(10)18/h4-6,18H,7H2,1-3H3,(H,15,19)(H,16,17). The van der Waals surface area contributed by atoms with Crippen LogP contribution in [0.5, 0.6) is 11.5 Å². The Hall–Kier alpha value is -2.50. The van der Waals surface area contributed by atoms with Crippen LogP contribution in [-0.2, 0) is 6.54 Å². The Morgan fingerprint density at radius 1 is 1.45 bits per heavy atom. The molecule has 20 heavy (non-hydrogen) atoms. The van der Waals surface area contributed by atoms with Gasteiger partial charge in [0.25, 0.3) is 5.91 Å². The van der Waals surface area contributed by atoms with Gasteiger partial charge >= 0.3 is 0 Å². The van der Waals surface area contributed by atoms with Crippen LogP contribution >= 0.6 is 0 Å². The molecule has 3 N–H and O–H groups in total. The smallest absolute Gasteiger partial charge is 0.272 e. The zero-order valence-electron chi connectivity index (χ0n) is 11.7. The summed E-state index contributed by atoms with van der Waals surface area (Å²) in [6.45, 7) is 3.89. The number of phenols is 1. The maximum Gasteiger partial charge on any atom is 0.272 e. The minimum atomic E-state index is -0.283. The van der Waals surface area contributed by atoms with E-state index >= 15 is 0 Å². The van der Waals surface area contributed by atoms with Crippen LogP contribution < -0.4 is 10.1 Å². The Labute approximate surface area is 116 Å². The third-order valence-electron chi connectivity index (χ3n) is 3.19. The van der Waals surface area contributed by atoms with Crippen LogP contribution in [0.3, 0.4) is 0 Å². The van der Waals surface area contributed by atoms with Crippen molar-refractivity contribution in [2.75, 3.05) is 7.11 Å². The Morgan fingerprint density at radius 2 is 2.20 bits per heavy atom. The van der Waals surface area contributed by atoms with Gasteiger partial charge in [-0.3, -0.25) is 9.89 Å². The highest BCUT2D eigenvalue weighted by Gasteiger charge is 2.14. The van der Waals surface area contributed by atoms with Crippen LogP contribution in [0, 0.1) is 13.8 Å². The molecule has 0 fully saturated rings. The second-order valence-corrected chi connectivity index (χ2v) is 4.50. The van der Waals surface area contributed by atoms with Gasteiger partial charge in [-0.15, -0.1) is 0 Å². The quantitative estimate of drug-likeness (QED) is 0.792. The number of hydrogen-bond acceptors (Lipinski definition) is 4. The first-order valence-corrected chi connectivity index (χ1v) is 6.18. The number of aromatic hydroxyl groups is 1. The molecule has 0 unspecified atom stereocenters. The van der Waals surface area contributed by atoms with Crippen LogP contribution in [0.1, 0.15) is 27.3 Å². The first-order valence-electron chi connectivity index (χ1n) is 6.18. The molecule has 0 saturated carbocycles. The van der Waals surface area contributed by atoms with Gasteiger partial charge in [0.1, 0.15) is 11.5 Å². The van der Waals surface area contributed by atoms with Crippen molar-refractivity contribution in [2.45, 2.75) is 20.4 Å². The molecule has 106 valence electrons. The number of rotatable bonds is 4. The summed E-state index contributed by atoms with van der Waals surface area (Å²) in [4.78, 5) is 12.0. The molecule has 0 radical (unpaired) electrons. The molecule has 0 saturated heterocycles. The number of H-pyrrole nitrogens is 1. The van der Waals surface area contributed by atoms with Crippen molar-refractivity contribution in [3.8, 4) is 11.5 Å². The molecular formula is C14H17N3O3. The van der Waals surface area contributed by atoms with Crippen molar-refractivity contribution in [1.82, 2.24) is 15.5 Å². The van der Waals surface area contributed by atoms with Gasteiger partial charge in [-0.1, -0.05) is 0 Å². The summed E-state index contributed by atoms with van der Waals surface area (Å²) in [5, 5.41) is 19.2. The van der Waals surface area contributed by atoms with E-state index in [-0.39, 0.29) is 18.2 Å². The fraction of sp³-hybridized carbons (Fsp3) is 0.286. The van der Waals surface area contributed by atoms with E-state index in [0.717, 1.165) is 11.3 Å². The maximum absolute atomic E-state index is 12.0. The first-order chi connectivity index (χ1) is 9.52. The number of aryl methyl sites for hydroxylation is 1. The lowest BCUT2D eigenvalue weighted by molar-refractivity contribution is 0.0945. The summed E-state index contributed by atoms with van der Waals surface area (Å²) in [5.41, 5.74) is 2.63. The summed E-state index contributed by atoms with van der Waals surface area (Å²) >= 11 is 0. The maximum atomic E-state index is 12.0. The Bertz CT molecular complexity index is 635. The highest BCUT2D eigenvalue weighted by Crippen LogP contribution is 2.22. The lowest BCUT2D eigenvalue weighted by atomic mass is 10.1. The van der Waals surface area contributed by atoms with Gasteiger partial charge in [0.2, 0.25) is 0 Å². The van der Waals surface area contributed by atoms with Crippen molar-refractivity contribution in [1.29, 1.82) is 0 Å². The molecule has 1 amide bonds. The number of aromatic amines is 1. The second kappa shape index (κ2) is 5.64. The number of nitrogens with zero attached hydrogens (tertiary/aromatic N) is 1. The number of methoxy groups -OCH3 is 1. The Morgan fingerprint density at radius 3 is 2.80 bits per heavy atom. The number of aromatic nitrogens is 2. The molecule has 0 atom stereocenters. The van der Waals surface area contributed by atoms with Crippen molar-refractivity contribution in [3.05, 3.63) is 40.7 Å². The molecule has 2 aromatic rings. The summed E-state index contributed by atoms with van der Waals surface area (Å²) < 4.78 is 5.08. The summed E-state index contributed by atoms with van der Waals surface area (Å²) in [7, 11) is 1.55. The van der Waals surface area contributed by atoms with Crippen LogP contribution in [0.25, 0.3) is 0 Å². The molecule has 6 heteroatoms. The molecule has 0 aliphatic rings. The van der Waals surface area contributed by atoms with Crippen LogP contribution in [0.15, 0.2) is 18.2 Å². The number of nitrogens with one attached hydrogen (secondary N) is 2. The van der Waals surface area contributed by atoms with Crippen molar-refractivity contribution in [3.63, 3.8) is 0 Å². The average Bonchev–Trinajstić information content (AvgIpc) is 2.78. The van der Waals surface area contributed by atoms with Crippen molar-refractivity contribution >= 4 is 5.91 Å². The van der Waals surface area contributed by atoms with Crippen molar-refractivity contribution in [2.24, 2.45) is 0 Å². The highest BCUT2D eigenvalue weighted by molar-refractivity contribution is 5.93. The topological polar surface area (TPSA) is 87.2 Å². The molecule has 2 rings (SSSR count). The van der Waals surface area contributed by atoms with E-state index in [4.69, 9.17) is 4.74 Å². The van der Waals surface area contributed by atoms with Gasteiger partial charge in [0, 0.05) is 23.4 Å². The van der Waals surface area contributed by atoms with Crippen LogP contribution in [-0.4, -0.2) is 28.3 Å². The number of carbonyl (C=O) groups excluding carboxylic acids is 1. The molecule has 1 aromatic carbocycles. The summed E-state index contributed by atoms with van der Waals surface area (Å²) in [5.74, 6) is 0.453.